The Hall–Kier alpha value is -1.42. The Labute approximate surface area is 126 Å². The van der Waals surface area contributed by atoms with E-state index in [4.69, 9.17) is 11.6 Å². The summed E-state index contributed by atoms with van der Waals surface area (Å²) in [4.78, 5) is 4.55. The number of hydrogen-bond donors (Lipinski definition) is 1. The molecule has 1 atom stereocenters. The summed E-state index contributed by atoms with van der Waals surface area (Å²) >= 11 is 7.50. The van der Waals surface area contributed by atoms with E-state index in [1.807, 2.05) is 42.5 Å². The van der Waals surface area contributed by atoms with Gasteiger partial charge in [-0.3, -0.25) is 0 Å². The predicted octanol–water partition coefficient (Wildman–Crippen LogP) is 4.10. The number of aliphatic hydroxyl groups excluding tert-OH is 1. The zero-order valence-electron chi connectivity index (χ0n) is 10.8. The molecule has 1 heterocycles. The van der Waals surface area contributed by atoms with Crippen molar-refractivity contribution in [2.45, 2.75) is 18.9 Å². The van der Waals surface area contributed by atoms with Gasteiger partial charge in [0.15, 0.2) is 0 Å². The number of aromatic nitrogens is 1. The van der Waals surface area contributed by atoms with Gasteiger partial charge in [-0.15, -0.1) is 11.3 Å². The van der Waals surface area contributed by atoms with E-state index < -0.39 is 6.10 Å². The van der Waals surface area contributed by atoms with Crippen molar-refractivity contribution >= 4 is 33.2 Å². The summed E-state index contributed by atoms with van der Waals surface area (Å²) in [7, 11) is 0. The molecule has 1 unspecified atom stereocenters. The summed E-state index contributed by atoms with van der Waals surface area (Å²) in [5, 5.41) is 11.9. The van der Waals surface area contributed by atoms with E-state index >= 15 is 0 Å². The number of benzene rings is 2. The number of halogens is 1. The van der Waals surface area contributed by atoms with Crippen LogP contribution < -0.4 is 0 Å². The van der Waals surface area contributed by atoms with Crippen molar-refractivity contribution in [2.24, 2.45) is 0 Å². The van der Waals surface area contributed by atoms with Gasteiger partial charge in [0.05, 0.1) is 21.3 Å². The maximum absolute atomic E-state index is 10.2. The Morgan fingerprint density at radius 2 is 1.80 bits per heavy atom. The maximum Gasteiger partial charge on any atom is 0.0964 e. The second-order valence-electron chi connectivity index (χ2n) is 4.76. The molecule has 0 amide bonds. The Morgan fingerprint density at radius 1 is 1.05 bits per heavy atom. The Balaban J connectivity index is 1.69. The predicted molar refractivity (Wildman–Crippen MR) is 84.5 cm³/mol. The van der Waals surface area contributed by atoms with Gasteiger partial charge in [-0.2, -0.15) is 0 Å². The van der Waals surface area contributed by atoms with E-state index in [2.05, 4.69) is 11.1 Å². The molecule has 1 N–H and O–H groups in total. The fourth-order valence-electron chi connectivity index (χ4n) is 2.17. The standard InChI is InChI=1S/C16H14ClNOS/c17-12-7-5-11(6-8-12)9-13(19)10-16-18-14-3-1-2-4-15(14)20-16/h1-8,13,19H,9-10H2. The number of nitrogens with zero attached hydrogens (tertiary/aromatic N) is 1. The largest absolute Gasteiger partial charge is 0.392 e. The summed E-state index contributed by atoms with van der Waals surface area (Å²) in [5.74, 6) is 0. The summed E-state index contributed by atoms with van der Waals surface area (Å²) in [6.07, 6.45) is 0.784. The Morgan fingerprint density at radius 3 is 2.55 bits per heavy atom. The molecule has 0 radical (unpaired) electrons. The third-order valence-corrected chi connectivity index (χ3v) is 4.44. The first-order chi connectivity index (χ1) is 9.70. The maximum atomic E-state index is 10.2. The molecular weight excluding hydrogens is 290 g/mol. The first-order valence-corrected chi connectivity index (χ1v) is 7.67. The zero-order chi connectivity index (χ0) is 13.9. The molecule has 1 aromatic heterocycles. The van der Waals surface area contributed by atoms with Crippen molar-refractivity contribution in [3.05, 3.63) is 64.1 Å². The molecular formula is C16H14ClNOS. The quantitative estimate of drug-likeness (QED) is 0.787. The molecule has 102 valence electrons. The van der Waals surface area contributed by atoms with Crippen molar-refractivity contribution < 1.29 is 5.11 Å². The molecule has 3 rings (SSSR count). The van der Waals surface area contributed by atoms with Crippen LogP contribution in [0.3, 0.4) is 0 Å². The molecule has 3 aromatic rings. The van der Waals surface area contributed by atoms with Gasteiger partial charge in [0.2, 0.25) is 0 Å². The van der Waals surface area contributed by atoms with E-state index in [1.54, 1.807) is 11.3 Å². The topological polar surface area (TPSA) is 33.1 Å². The van der Waals surface area contributed by atoms with Crippen molar-refractivity contribution in [2.75, 3.05) is 0 Å². The van der Waals surface area contributed by atoms with Crippen molar-refractivity contribution in [3.8, 4) is 0 Å². The minimum atomic E-state index is -0.420. The van der Waals surface area contributed by atoms with Crippen molar-refractivity contribution in [3.63, 3.8) is 0 Å². The lowest BCUT2D eigenvalue weighted by Crippen LogP contribution is -2.13. The molecule has 2 aromatic carbocycles. The molecule has 2 nitrogen and oxygen atoms in total. The van der Waals surface area contributed by atoms with Gasteiger partial charge in [0, 0.05) is 11.4 Å². The van der Waals surface area contributed by atoms with Crippen LogP contribution >= 0.6 is 22.9 Å². The number of hydrogen-bond acceptors (Lipinski definition) is 3. The second-order valence-corrected chi connectivity index (χ2v) is 6.32. The van der Waals surface area contributed by atoms with Crippen LogP contribution in [0.4, 0.5) is 0 Å². The smallest absolute Gasteiger partial charge is 0.0964 e. The molecule has 20 heavy (non-hydrogen) atoms. The van der Waals surface area contributed by atoms with Gasteiger partial charge in [0.25, 0.3) is 0 Å². The molecule has 0 saturated carbocycles. The van der Waals surface area contributed by atoms with Crippen molar-refractivity contribution in [1.82, 2.24) is 4.98 Å². The summed E-state index contributed by atoms with van der Waals surface area (Å²) in [6, 6.07) is 15.6. The molecule has 0 bridgehead atoms. The van der Waals surface area contributed by atoms with E-state index in [1.165, 1.54) is 4.70 Å². The summed E-state index contributed by atoms with van der Waals surface area (Å²) in [6.45, 7) is 0. The average Bonchev–Trinajstić information content (AvgIpc) is 2.83. The lowest BCUT2D eigenvalue weighted by Gasteiger charge is -2.08. The molecule has 0 aliphatic rings. The summed E-state index contributed by atoms with van der Waals surface area (Å²) in [5.41, 5.74) is 2.09. The number of rotatable bonds is 4. The Bertz CT molecular complexity index is 675. The third-order valence-electron chi connectivity index (χ3n) is 3.13. The highest BCUT2D eigenvalue weighted by Gasteiger charge is 2.10. The average molecular weight is 304 g/mol. The minimum Gasteiger partial charge on any atom is -0.392 e. The zero-order valence-corrected chi connectivity index (χ0v) is 12.4. The third kappa shape index (κ3) is 3.18. The first kappa shape index (κ1) is 13.6. The van der Waals surface area contributed by atoms with Gasteiger partial charge < -0.3 is 5.11 Å². The number of thiazole rings is 1. The van der Waals surface area contributed by atoms with E-state index in [0.717, 1.165) is 21.1 Å². The molecule has 0 fully saturated rings. The first-order valence-electron chi connectivity index (χ1n) is 6.47. The minimum absolute atomic E-state index is 0.420. The van der Waals surface area contributed by atoms with E-state index in [-0.39, 0.29) is 0 Å². The van der Waals surface area contributed by atoms with Gasteiger partial charge in [-0.1, -0.05) is 35.9 Å². The van der Waals surface area contributed by atoms with Crippen LogP contribution in [-0.2, 0) is 12.8 Å². The monoisotopic (exact) mass is 303 g/mol. The van der Waals surface area contributed by atoms with Crippen LogP contribution in [0.5, 0.6) is 0 Å². The van der Waals surface area contributed by atoms with Crippen LogP contribution in [0.25, 0.3) is 10.2 Å². The summed E-state index contributed by atoms with van der Waals surface area (Å²) < 4.78 is 1.17. The second kappa shape index (κ2) is 5.92. The van der Waals surface area contributed by atoms with Gasteiger partial charge in [0.1, 0.15) is 0 Å². The van der Waals surface area contributed by atoms with Crippen LogP contribution in [0, 0.1) is 0 Å². The number of aliphatic hydroxyl groups is 1. The highest BCUT2D eigenvalue weighted by atomic mass is 35.5. The van der Waals surface area contributed by atoms with Crippen LogP contribution in [0.1, 0.15) is 10.6 Å². The Kier molecular flexibility index (Phi) is 4.01. The number of fused-ring (bicyclic) bond motifs is 1. The van der Waals surface area contributed by atoms with Crippen LogP contribution in [0.15, 0.2) is 48.5 Å². The van der Waals surface area contributed by atoms with E-state index in [9.17, 15) is 5.11 Å². The molecule has 0 spiro atoms. The molecule has 0 aliphatic heterocycles. The molecule has 0 aliphatic carbocycles. The van der Waals surface area contributed by atoms with Crippen molar-refractivity contribution in [1.29, 1.82) is 0 Å². The van der Waals surface area contributed by atoms with Gasteiger partial charge >= 0.3 is 0 Å². The molecule has 0 saturated heterocycles. The van der Waals surface area contributed by atoms with Crippen LogP contribution in [-0.4, -0.2) is 16.2 Å². The normalized spacial score (nSPS) is 12.7. The lowest BCUT2D eigenvalue weighted by molar-refractivity contribution is 0.175. The SMILES string of the molecule is OC(Cc1ccc(Cl)cc1)Cc1nc2ccccc2s1. The fraction of sp³-hybridized carbons (Fsp3) is 0.188. The fourth-order valence-corrected chi connectivity index (χ4v) is 3.34. The number of para-hydroxylation sites is 1. The molecule has 4 heteroatoms. The highest BCUT2D eigenvalue weighted by Crippen LogP contribution is 2.23. The van der Waals surface area contributed by atoms with Gasteiger partial charge in [-0.25, -0.2) is 4.98 Å². The lowest BCUT2D eigenvalue weighted by atomic mass is 10.1. The van der Waals surface area contributed by atoms with E-state index in [0.29, 0.717) is 12.8 Å². The van der Waals surface area contributed by atoms with Crippen LogP contribution in [0.2, 0.25) is 5.02 Å². The highest BCUT2D eigenvalue weighted by molar-refractivity contribution is 7.18. The van der Waals surface area contributed by atoms with Gasteiger partial charge in [-0.05, 0) is 36.2 Å².